The van der Waals surface area contributed by atoms with Crippen molar-refractivity contribution in [3.8, 4) is 0 Å². The Morgan fingerprint density at radius 2 is 1.88 bits per heavy atom. The van der Waals surface area contributed by atoms with Crippen LogP contribution in [0, 0.1) is 0 Å². The van der Waals surface area contributed by atoms with Crippen LogP contribution in [0.1, 0.15) is 25.5 Å². The van der Waals surface area contributed by atoms with Crippen molar-refractivity contribution in [3.63, 3.8) is 0 Å². The van der Waals surface area contributed by atoms with E-state index in [0.29, 0.717) is 6.04 Å². The van der Waals surface area contributed by atoms with Crippen LogP contribution in [0.25, 0.3) is 0 Å². The Hall–Kier alpha value is -1.06. The molecule has 0 aliphatic carbocycles. The summed E-state index contributed by atoms with van der Waals surface area (Å²) in [4.78, 5) is 4.80. The van der Waals surface area contributed by atoms with Crippen LogP contribution >= 0.6 is 0 Å². The molecule has 1 heterocycles. The van der Waals surface area contributed by atoms with E-state index in [4.69, 9.17) is 0 Å². The molecule has 1 aromatic rings. The zero-order chi connectivity index (χ0) is 12.4. The first-order chi connectivity index (χ1) is 8.08. The molecule has 1 aliphatic rings. The van der Waals surface area contributed by atoms with E-state index in [9.17, 15) is 5.11 Å². The molecule has 2 rings (SSSR count). The Labute approximate surface area is 104 Å². The first-order valence-corrected chi connectivity index (χ1v) is 6.31. The number of nitrogens with zero attached hydrogens (tertiary/aromatic N) is 2. The molecule has 0 bridgehead atoms. The van der Waals surface area contributed by atoms with Crippen molar-refractivity contribution in [2.45, 2.75) is 26.0 Å². The first kappa shape index (κ1) is 12.4. The molecule has 0 radical (unpaired) electrons. The second-order valence-corrected chi connectivity index (χ2v) is 5.04. The van der Waals surface area contributed by atoms with E-state index in [-0.39, 0.29) is 6.10 Å². The summed E-state index contributed by atoms with van der Waals surface area (Å²) in [7, 11) is 2.18. The van der Waals surface area contributed by atoms with Gasteiger partial charge in [0.1, 0.15) is 0 Å². The van der Waals surface area contributed by atoms with Crippen LogP contribution in [0.15, 0.2) is 24.3 Å². The standard InChI is InChI=1S/C14H22N2O/c1-11-10-16(9-8-15(11)3)14-6-4-13(5-7-14)12(2)17/h4-7,11-12,17H,8-10H2,1-3H3/t11?,12-/m1/s1. The Morgan fingerprint density at radius 1 is 1.24 bits per heavy atom. The Bertz CT molecular complexity index is 361. The van der Waals surface area contributed by atoms with Gasteiger partial charge in [-0.05, 0) is 38.6 Å². The van der Waals surface area contributed by atoms with Gasteiger partial charge in [0.15, 0.2) is 0 Å². The number of aliphatic hydroxyl groups is 1. The predicted octanol–water partition coefficient (Wildman–Crippen LogP) is 1.88. The van der Waals surface area contributed by atoms with Gasteiger partial charge in [0.2, 0.25) is 0 Å². The SMILES string of the molecule is CC1CN(c2ccc([C@@H](C)O)cc2)CCN1C. The summed E-state index contributed by atoms with van der Waals surface area (Å²) in [6, 6.07) is 8.85. The normalized spacial score (nSPS) is 23.8. The third kappa shape index (κ3) is 2.79. The molecular formula is C14H22N2O. The maximum Gasteiger partial charge on any atom is 0.0761 e. The number of rotatable bonds is 2. The van der Waals surface area contributed by atoms with E-state index in [1.54, 1.807) is 6.92 Å². The minimum absolute atomic E-state index is 0.379. The Kier molecular flexibility index (Phi) is 3.69. The summed E-state index contributed by atoms with van der Waals surface area (Å²) < 4.78 is 0. The lowest BCUT2D eigenvalue weighted by Crippen LogP contribution is -2.50. The number of likely N-dealkylation sites (N-methyl/N-ethyl adjacent to an activating group) is 1. The van der Waals surface area contributed by atoms with E-state index in [0.717, 1.165) is 25.2 Å². The van der Waals surface area contributed by atoms with Gasteiger partial charge in [0.05, 0.1) is 6.10 Å². The topological polar surface area (TPSA) is 26.7 Å². The summed E-state index contributed by atoms with van der Waals surface area (Å²) >= 11 is 0. The molecule has 3 nitrogen and oxygen atoms in total. The molecule has 0 aromatic heterocycles. The van der Waals surface area contributed by atoms with Crippen molar-refractivity contribution < 1.29 is 5.11 Å². The fraction of sp³-hybridized carbons (Fsp3) is 0.571. The molecule has 94 valence electrons. The van der Waals surface area contributed by atoms with E-state index < -0.39 is 0 Å². The van der Waals surface area contributed by atoms with E-state index in [1.807, 2.05) is 12.1 Å². The van der Waals surface area contributed by atoms with E-state index >= 15 is 0 Å². The average molecular weight is 234 g/mol. The number of aliphatic hydroxyl groups excluding tert-OH is 1. The van der Waals surface area contributed by atoms with Gasteiger partial charge in [0.25, 0.3) is 0 Å². The summed E-state index contributed by atoms with van der Waals surface area (Å²) in [5.74, 6) is 0. The van der Waals surface area contributed by atoms with Gasteiger partial charge in [-0.2, -0.15) is 0 Å². The smallest absolute Gasteiger partial charge is 0.0761 e. The molecule has 1 unspecified atom stereocenters. The van der Waals surface area contributed by atoms with Crippen molar-refractivity contribution in [2.75, 3.05) is 31.6 Å². The molecular weight excluding hydrogens is 212 g/mol. The minimum atomic E-state index is -0.379. The zero-order valence-corrected chi connectivity index (χ0v) is 10.9. The van der Waals surface area contributed by atoms with Crippen LogP contribution in [0.2, 0.25) is 0 Å². The average Bonchev–Trinajstić information content (AvgIpc) is 2.33. The summed E-state index contributed by atoms with van der Waals surface area (Å²) in [5.41, 5.74) is 2.24. The highest BCUT2D eigenvalue weighted by molar-refractivity contribution is 5.48. The van der Waals surface area contributed by atoms with Crippen molar-refractivity contribution in [2.24, 2.45) is 0 Å². The van der Waals surface area contributed by atoms with Crippen molar-refractivity contribution >= 4 is 5.69 Å². The summed E-state index contributed by atoms with van der Waals surface area (Å²) in [5, 5.41) is 9.48. The molecule has 1 fully saturated rings. The predicted molar refractivity (Wildman–Crippen MR) is 71.4 cm³/mol. The van der Waals surface area contributed by atoms with Gasteiger partial charge in [-0.1, -0.05) is 12.1 Å². The lowest BCUT2D eigenvalue weighted by atomic mass is 10.1. The molecule has 1 aliphatic heterocycles. The number of piperazine rings is 1. The lowest BCUT2D eigenvalue weighted by Gasteiger charge is -2.39. The maximum absolute atomic E-state index is 9.48. The zero-order valence-electron chi connectivity index (χ0n) is 10.9. The van der Waals surface area contributed by atoms with Gasteiger partial charge in [0, 0.05) is 31.4 Å². The number of anilines is 1. The van der Waals surface area contributed by atoms with Crippen LogP contribution in [-0.4, -0.2) is 42.7 Å². The molecule has 17 heavy (non-hydrogen) atoms. The second-order valence-electron chi connectivity index (χ2n) is 5.04. The van der Waals surface area contributed by atoms with E-state index in [1.165, 1.54) is 5.69 Å². The third-order valence-electron chi connectivity index (χ3n) is 3.70. The number of hydrogen-bond acceptors (Lipinski definition) is 3. The van der Waals surface area contributed by atoms with Gasteiger partial charge in [-0.25, -0.2) is 0 Å². The molecule has 0 amide bonds. The van der Waals surface area contributed by atoms with Crippen LogP contribution in [0.3, 0.4) is 0 Å². The Balaban J connectivity index is 2.07. The third-order valence-corrected chi connectivity index (χ3v) is 3.70. The molecule has 0 saturated carbocycles. The Morgan fingerprint density at radius 3 is 2.41 bits per heavy atom. The fourth-order valence-electron chi connectivity index (χ4n) is 2.25. The first-order valence-electron chi connectivity index (χ1n) is 6.31. The molecule has 0 spiro atoms. The summed E-state index contributed by atoms with van der Waals surface area (Å²) in [6.45, 7) is 7.32. The van der Waals surface area contributed by atoms with Crippen molar-refractivity contribution in [1.29, 1.82) is 0 Å². The number of hydrogen-bond donors (Lipinski definition) is 1. The second kappa shape index (κ2) is 5.07. The lowest BCUT2D eigenvalue weighted by molar-refractivity contribution is 0.199. The van der Waals surface area contributed by atoms with E-state index in [2.05, 4.69) is 35.9 Å². The maximum atomic E-state index is 9.48. The summed E-state index contributed by atoms with van der Waals surface area (Å²) in [6.07, 6.45) is -0.379. The van der Waals surface area contributed by atoms with Crippen LogP contribution in [-0.2, 0) is 0 Å². The largest absolute Gasteiger partial charge is 0.389 e. The highest BCUT2D eigenvalue weighted by atomic mass is 16.3. The van der Waals surface area contributed by atoms with Crippen LogP contribution in [0.4, 0.5) is 5.69 Å². The fourth-order valence-corrected chi connectivity index (χ4v) is 2.25. The minimum Gasteiger partial charge on any atom is -0.389 e. The van der Waals surface area contributed by atoms with Gasteiger partial charge >= 0.3 is 0 Å². The highest BCUT2D eigenvalue weighted by Crippen LogP contribution is 2.21. The molecule has 1 N–H and O–H groups in total. The monoisotopic (exact) mass is 234 g/mol. The van der Waals surface area contributed by atoms with Crippen LogP contribution in [0.5, 0.6) is 0 Å². The highest BCUT2D eigenvalue weighted by Gasteiger charge is 2.20. The molecule has 2 atom stereocenters. The van der Waals surface area contributed by atoms with Gasteiger partial charge in [-0.3, -0.25) is 0 Å². The van der Waals surface area contributed by atoms with Gasteiger partial charge in [-0.15, -0.1) is 0 Å². The molecule has 1 saturated heterocycles. The van der Waals surface area contributed by atoms with Crippen LogP contribution < -0.4 is 4.90 Å². The quantitative estimate of drug-likeness (QED) is 0.846. The molecule has 1 aromatic carbocycles. The van der Waals surface area contributed by atoms with Gasteiger partial charge < -0.3 is 14.9 Å². The van der Waals surface area contributed by atoms with Crippen molar-refractivity contribution in [3.05, 3.63) is 29.8 Å². The molecule has 3 heteroatoms. The number of benzene rings is 1. The van der Waals surface area contributed by atoms with Crippen molar-refractivity contribution in [1.82, 2.24) is 4.90 Å².